The van der Waals surface area contributed by atoms with Crippen LogP contribution in [0.15, 0.2) is 24.5 Å². The lowest BCUT2D eigenvalue weighted by molar-refractivity contribution is 0.0640. The highest BCUT2D eigenvalue weighted by molar-refractivity contribution is 7.20. The molecular formula is C21H25N5OS. The first-order valence-corrected chi connectivity index (χ1v) is 10.6. The maximum atomic E-state index is 13.2. The van der Waals surface area contributed by atoms with E-state index in [9.17, 15) is 4.79 Å². The molecule has 3 aromatic heterocycles. The summed E-state index contributed by atoms with van der Waals surface area (Å²) >= 11 is 1.47. The number of nitrogens with zero attached hydrogens (tertiary/aromatic N) is 4. The largest absolute Gasteiger partial charge is 0.364 e. The minimum absolute atomic E-state index is 0.124. The lowest BCUT2D eigenvalue weighted by atomic mass is 10.0. The molecule has 3 aromatic rings. The van der Waals surface area contributed by atoms with E-state index >= 15 is 0 Å². The van der Waals surface area contributed by atoms with E-state index in [4.69, 9.17) is 0 Å². The van der Waals surface area contributed by atoms with Crippen molar-refractivity contribution < 1.29 is 4.79 Å². The van der Waals surface area contributed by atoms with Gasteiger partial charge in [0.1, 0.15) is 17.0 Å². The Hall–Kier alpha value is -2.54. The zero-order chi connectivity index (χ0) is 19.7. The van der Waals surface area contributed by atoms with Gasteiger partial charge >= 0.3 is 0 Å². The number of fused-ring (bicyclic) bond motifs is 1. The van der Waals surface area contributed by atoms with Crippen LogP contribution in [0, 0.1) is 13.8 Å². The van der Waals surface area contributed by atoms with Crippen LogP contribution in [-0.2, 0) is 6.54 Å². The molecule has 1 atom stereocenters. The van der Waals surface area contributed by atoms with Gasteiger partial charge < -0.3 is 10.2 Å². The van der Waals surface area contributed by atoms with Crippen LogP contribution in [-0.4, -0.2) is 38.3 Å². The van der Waals surface area contributed by atoms with Crippen LogP contribution in [0.2, 0.25) is 0 Å². The van der Waals surface area contributed by atoms with Crippen LogP contribution in [0.25, 0.3) is 10.2 Å². The first kappa shape index (κ1) is 18.8. The van der Waals surface area contributed by atoms with Crippen LogP contribution >= 0.6 is 11.3 Å². The van der Waals surface area contributed by atoms with Crippen molar-refractivity contribution in [2.24, 2.45) is 0 Å². The molecule has 0 spiro atoms. The summed E-state index contributed by atoms with van der Waals surface area (Å²) in [6, 6.07) is 6.27. The molecular weight excluding hydrogens is 370 g/mol. The van der Waals surface area contributed by atoms with E-state index in [-0.39, 0.29) is 5.91 Å². The fourth-order valence-electron chi connectivity index (χ4n) is 3.81. The fraction of sp³-hybridized carbons (Fsp3) is 0.429. The van der Waals surface area contributed by atoms with Crippen LogP contribution in [0.1, 0.15) is 52.8 Å². The van der Waals surface area contributed by atoms with Crippen LogP contribution in [0.5, 0.6) is 0 Å². The Morgan fingerprint density at radius 2 is 2.14 bits per heavy atom. The van der Waals surface area contributed by atoms with Gasteiger partial charge in [-0.2, -0.15) is 0 Å². The number of carbonyl (C=O) groups is 1. The van der Waals surface area contributed by atoms with Gasteiger partial charge in [0.15, 0.2) is 0 Å². The number of rotatable bonds is 4. The highest BCUT2D eigenvalue weighted by Gasteiger charge is 2.28. The molecule has 28 heavy (non-hydrogen) atoms. The van der Waals surface area contributed by atoms with E-state index in [2.05, 4.69) is 27.2 Å². The van der Waals surface area contributed by atoms with E-state index < -0.39 is 0 Å². The highest BCUT2D eigenvalue weighted by Crippen LogP contribution is 2.35. The average Bonchev–Trinajstić information content (AvgIpc) is 3.04. The normalized spacial score (nSPS) is 17.1. The second kappa shape index (κ2) is 7.83. The first-order valence-electron chi connectivity index (χ1n) is 9.76. The molecule has 146 valence electrons. The van der Waals surface area contributed by atoms with E-state index in [1.54, 1.807) is 6.33 Å². The monoisotopic (exact) mass is 395 g/mol. The number of piperidine rings is 1. The minimum Gasteiger partial charge on any atom is -0.364 e. The number of anilines is 1. The fourth-order valence-corrected chi connectivity index (χ4v) is 4.92. The van der Waals surface area contributed by atoms with Crippen molar-refractivity contribution in [1.82, 2.24) is 19.9 Å². The van der Waals surface area contributed by atoms with Gasteiger partial charge in [-0.25, -0.2) is 9.97 Å². The van der Waals surface area contributed by atoms with Gasteiger partial charge in [-0.15, -0.1) is 11.3 Å². The van der Waals surface area contributed by atoms with Crippen molar-refractivity contribution in [2.75, 3.05) is 11.9 Å². The van der Waals surface area contributed by atoms with Crippen molar-refractivity contribution in [2.45, 2.75) is 52.6 Å². The quantitative estimate of drug-likeness (QED) is 0.712. The van der Waals surface area contributed by atoms with Gasteiger partial charge in [0.2, 0.25) is 0 Å². The molecule has 4 heterocycles. The number of thiophene rings is 1. The smallest absolute Gasteiger partial charge is 0.264 e. The number of hydrogen-bond donors (Lipinski definition) is 1. The van der Waals surface area contributed by atoms with Gasteiger partial charge in [0.05, 0.1) is 22.5 Å². The lowest BCUT2D eigenvalue weighted by Crippen LogP contribution is -2.41. The Bertz CT molecular complexity index is 1020. The summed E-state index contributed by atoms with van der Waals surface area (Å²) in [6.07, 6.45) is 4.91. The molecule has 1 aliphatic rings. The number of aromatic nitrogens is 3. The molecule has 4 rings (SSSR count). The van der Waals surface area contributed by atoms with E-state index in [1.807, 2.05) is 36.9 Å². The predicted octanol–water partition coefficient (Wildman–Crippen LogP) is 4.33. The van der Waals surface area contributed by atoms with Crippen LogP contribution < -0.4 is 5.32 Å². The van der Waals surface area contributed by atoms with E-state index in [0.717, 1.165) is 57.2 Å². The Balaban J connectivity index is 1.63. The third-order valence-electron chi connectivity index (χ3n) is 5.37. The zero-order valence-electron chi connectivity index (χ0n) is 16.5. The van der Waals surface area contributed by atoms with Crippen molar-refractivity contribution >= 4 is 33.3 Å². The average molecular weight is 396 g/mol. The molecule has 0 radical (unpaired) electrons. The Morgan fingerprint density at radius 1 is 1.29 bits per heavy atom. The third-order valence-corrected chi connectivity index (χ3v) is 6.56. The van der Waals surface area contributed by atoms with Gasteiger partial charge in [-0.1, -0.05) is 6.07 Å². The van der Waals surface area contributed by atoms with Crippen molar-refractivity contribution in [3.05, 3.63) is 46.4 Å². The first-order chi connectivity index (χ1) is 13.5. The molecule has 1 amide bonds. The Labute approximate surface area is 169 Å². The standard InChI is InChI=1S/C21H25N5OS/c1-13-7-6-9-16(25-13)11-22-19-17-15(3)18(28-20(17)24-12-23-19)21(27)26-10-5-4-8-14(26)2/h6-7,9,12,14H,4-5,8,10-11H2,1-3H3,(H,22,23,24). The third kappa shape index (κ3) is 3.58. The van der Waals surface area contributed by atoms with Gasteiger partial charge in [-0.05, 0) is 57.7 Å². The maximum absolute atomic E-state index is 13.2. The number of nitrogens with one attached hydrogen (secondary N) is 1. The summed E-state index contributed by atoms with van der Waals surface area (Å²) in [5, 5.41) is 4.32. The molecule has 7 heteroatoms. The number of amides is 1. The zero-order valence-corrected chi connectivity index (χ0v) is 17.3. The van der Waals surface area contributed by atoms with Gasteiger partial charge in [0.25, 0.3) is 5.91 Å². The number of pyridine rings is 1. The van der Waals surface area contributed by atoms with Crippen LogP contribution in [0.3, 0.4) is 0 Å². The number of carbonyl (C=O) groups excluding carboxylic acids is 1. The van der Waals surface area contributed by atoms with E-state index in [0.29, 0.717) is 12.6 Å². The summed E-state index contributed by atoms with van der Waals surface area (Å²) in [6.45, 7) is 7.54. The number of likely N-dealkylation sites (tertiary alicyclic amines) is 1. The molecule has 1 unspecified atom stereocenters. The predicted molar refractivity (Wildman–Crippen MR) is 113 cm³/mol. The van der Waals surface area contributed by atoms with Crippen molar-refractivity contribution in [3.63, 3.8) is 0 Å². The number of hydrogen-bond acceptors (Lipinski definition) is 6. The lowest BCUT2D eigenvalue weighted by Gasteiger charge is -2.33. The SMILES string of the molecule is Cc1cccc(CNc2ncnc3sc(C(=O)N4CCCCC4C)c(C)c23)n1. The summed E-state index contributed by atoms with van der Waals surface area (Å²) in [5.74, 6) is 0.881. The molecule has 0 aliphatic carbocycles. The topological polar surface area (TPSA) is 71.0 Å². The van der Waals surface area contributed by atoms with Crippen molar-refractivity contribution in [3.8, 4) is 0 Å². The molecule has 0 bridgehead atoms. The van der Waals surface area contributed by atoms with Crippen molar-refractivity contribution in [1.29, 1.82) is 0 Å². The van der Waals surface area contributed by atoms with Crippen LogP contribution in [0.4, 0.5) is 5.82 Å². The molecule has 0 aromatic carbocycles. The Morgan fingerprint density at radius 3 is 2.93 bits per heavy atom. The molecule has 1 aliphatic heterocycles. The van der Waals surface area contributed by atoms with E-state index in [1.165, 1.54) is 17.8 Å². The van der Waals surface area contributed by atoms with Gasteiger partial charge in [0, 0.05) is 18.3 Å². The molecule has 1 N–H and O–H groups in total. The second-order valence-electron chi connectivity index (χ2n) is 7.43. The maximum Gasteiger partial charge on any atom is 0.264 e. The second-order valence-corrected chi connectivity index (χ2v) is 8.42. The molecule has 6 nitrogen and oxygen atoms in total. The summed E-state index contributed by atoms with van der Waals surface area (Å²) < 4.78 is 0. The number of aryl methyl sites for hydroxylation is 2. The highest BCUT2D eigenvalue weighted by atomic mass is 32.1. The summed E-state index contributed by atoms with van der Waals surface area (Å²) in [7, 11) is 0. The summed E-state index contributed by atoms with van der Waals surface area (Å²) in [5.41, 5.74) is 2.91. The Kier molecular flexibility index (Phi) is 5.26. The molecule has 1 saturated heterocycles. The molecule has 1 fully saturated rings. The van der Waals surface area contributed by atoms with Gasteiger partial charge in [-0.3, -0.25) is 9.78 Å². The summed E-state index contributed by atoms with van der Waals surface area (Å²) in [4.78, 5) is 30.2. The minimum atomic E-state index is 0.124. The molecule has 0 saturated carbocycles.